The number of hydrogen-bond donors (Lipinski definition) is 0. The highest BCUT2D eigenvalue weighted by Crippen LogP contribution is 2.31. The van der Waals surface area contributed by atoms with Crippen molar-refractivity contribution < 1.29 is 4.79 Å². The van der Waals surface area contributed by atoms with E-state index in [2.05, 4.69) is 10.2 Å². The first-order valence-corrected chi connectivity index (χ1v) is 8.90. The van der Waals surface area contributed by atoms with Crippen molar-refractivity contribution in [3.63, 3.8) is 0 Å². The van der Waals surface area contributed by atoms with Crippen molar-refractivity contribution >= 4 is 46.5 Å². The maximum atomic E-state index is 12.4. The van der Waals surface area contributed by atoms with E-state index in [-0.39, 0.29) is 11.2 Å². The van der Waals surface area contributed by atoms with Crippen LogP contribution in [0.4, 0.5) is 5.69 Å². The van der Waals surface area contributed by atoms with Gasteiger partial charge >= 0.3 is 0 Å². The normalized spacial score (nSPS) is 12.2. The summed E-state index contributed by atoms with van der Waals surface area (Å²) in [5, 5.41) is 7.93. The summed E-state index contributed by atoms with van der Waals surface area (Å²) in [6.45, 7) is 1.90. The summed E-state index contributed by atoms with van der Waals surface area (Å²) in [5.41, 5.74) is 0.895. The highest BCUT2D eigenvalue weighted by atomic mass is 32.2. The fourth-order valence-electron chi connectivity index (χ4n) is 1.58. The molecule has 0 bridgehead atoms. The van der Waals surface area contributed by atoms with Gasteiger partial charge in [-0.3, -0.25) is 4.79 Å². The minimum atomic E-state index is -0.192. The number of carbonyl (C=O) groups excluding carboxylic acids is 1. The predicted octanol–water partition coefficient (Wildman–Crippen LogP) is 3.40. The molecular formula is C13H15N3OS3. The molecule has 2 rings (SSSR count). The Bertz CT molecular complexity index is 573. The van der Waals surface area contributed by atoms with Crippen LogP contribution in [0.5, 0.6) is 0 Å². The second-order valence-corrected chi connectivity index (χ2v) is 7.65. The molecule has 1 heterocycles. The average Bonchev–Trinajstić information content (AvgIpc) is 2.94. The van der Waals surface area contributed by atoms with Crippen molar-refractivity contribution in [2.24, 2.45) is 0 Å². The minimum Gasteiger partial charge on any atom is -0.315 e. The highest BCUT2D eigenvalue weighted by molar-refractivity contribution is 8.03. The number of amides is 1. The maximum absolute atomic E-state index is 12.4. The van der Waals surface area contributed by atoms with Crippen molar-refractivity contribution in [1.82, 2.24) is 10.2 Å². The second kappa shape index (κ2) is 7.10. The molecule has 20 heavy (non-hydrogen) atoms. The van der Waals surface area contributed by atoms with Crippen LogP contribution in [0, 0.1) is 0 Å². The van der Waals surface area contributed by atoms with Crippen LogP contribution in [-0.4, -0.2) is 34.7 Å². The molecule has 0 aliphatic heterocycles. The molecule has 0 saturated heterocycles. The molecule has 0 aliphatic rings. The van der Waals surface area contributed by atoms with Gasteiger partial charge in [-0.2, -0.15) is 0 Å². The van der Waals surface area contributed by atoms with Crippen molar-refractivity contribution in [2.45, 2.75) is 20.9 Å². The monoisotopic (exact) mass is 325 g/mol. The highest BCUT2D eigenvalue weighted by Gasteiger charge is 2.21. The third-order valence-electron chi connectivity index (χ3n) is 2.66. The Morgan fingerprint density at radius 3 is 2.50 bits per heavy atom. The molecule has 1 aromatic carbocycles. The second-order valence-electron chi connectivity index (χ2n) is 4.03. The summed E-state index contributed by atoms with van der Waals surface area (Å²) >= 11 is 4.53. The Morgan fingerprint density at radius 2 is 1.90 bits per heavy atom. The van der Waals surface area contributed by atoms with Gasteiger partial charge in [0, 0.05) is 12.7 Å². The number of para-hydroxylation sites is 1. The summed E-state index contributed by atoms with van der Waals surface area (Å²) in [6.07, 6.45) is 1.97. The van der Waals surface area contributed by atoms with Crippen LogP contribution in [0.2, 0.25) is 0 Å². The minimum absolute atomic E-state index is 0.0575. The fourth-order valence-corrected chi connectivity index (χ4v) is 4.26. The van der Waals surface area contributed by atoms with E-state index in [9.17, 15) is 4.79 Å². The number of nitrogens with zero attached hydrogens (tertiary/aromatic N) is 3. The maximum Gasteiger partial charge on any atom is 0.240 e. The molecular weight excluding hydrogens is 310 g/mol. The quantitative estimate of drug-likeness (QED) is 0.788. The van der Waals surface area contributed by atoms with Gasteiger partial charge in [0.25, 0.3) is 0 Å². The zero-order valence-electron chi connectivity index (χ0n) is 11.4. The Morgan fingerprint density at radius 1 is 1.25 bits per heavy atom. The molecule has 1 amide bonds. The standard InChI is InChI=1S/C13H15N3OS3/c1-9(19-13-15-14-12(18-3)20-13)11(17)16(2)10-7-5-4-6-8-10/h4-9H,1-3H3. The average molecular weight is 325 g/mol. The molecule has 4 nitrogen and oxygen atoms in total. The lowest BCUT2D eigenvalue weighted by Crippen LogP contribution is -2.33. The van der Waals surface area contributed by atoms with E-state index in [0.717, 1.165) is 14.4 Å². The number of aromatic nitrogens is 2. The van der Waals surface area contributed by atoms with Crippen molar-refractivity contribution in [1.29, 1.82) is 0 Å². The zero-order chi connectivity index (χ0) is 14.5. The van der Waals surface area contributed by atoms with Gasteiger partial charge in [-0.05, 0) is 25.3 Å². The Hall–Kier alpha value is -1.05. The van der Waals surface area contributed by atoms with Gasteiger partial charge in [-0.1, -0.05) is 53.1 Å². The third-order valence-corrected chi connectivity index (χ3v) is 5.73. The largest absolute Gasteiger partial charge is 0.315 e. The zero-order valence-corrected chi connectivity index (χ0v) is 13.9. The third kappa shape index (κ3) is 3.74. The van der Waals surface area contributed by atoms with Gasteiger partial charge in [0.05, 0.1) is 5.25 Å². The van der Waals surface area contributed by atoms with Gasteiger partial charge in [0.1, 0.15) is 0 Å². The Balaban J connectivity index is 2.01. The lowest BCUT2D eigenvalue weighted by Gasteiger charge is -2.20. The van der Waals surface area contributed by atoms with Crippen LogP contribution in [-0.2, 0) is 4.79 Å². The smallest absolute Gasteiger partial charge is 0.240 e. The molecule has 2 aromatic rings. The number of rotatable bonds is 5. The first kappa shape index (κ1) is 15.3. The van der Waals surface area contributed by atoms with Crippen LogP contribution >= 0.6 is 34.9 Å². The number of carbonyl (C=O) groups is 1. The van der Waals surface area contributed by atoms with Crippen molar-refractivity contribution in [2.75, 3.05) is 18.2 Å². The van der Waals surface area contributed by atoms with E-state index in [1.807, 2.05) is 43.5 Å². The first-order chi connectivity index (χ1) is 9.61. The van der Waals surface area contributed by atoms with Gasteiger partial charge in [0.2, 0.25) is 5.91 Å². The SMILES string of the molecule is CSc1nnc(SC(C)C(=O)N(C)c2ccccc2)s1. The molecule has 0 fully saturated rings. The van der Waals surface area contributed by atoms with Crippen molar-refractivity contribution in [3.8, 4) is 0 Å². The Labute approximate surface area is 131 Å². The molecule has 106 valence electrons. The molecule has 7 heteroatoms. The number of anilines is 1. The van der Waals surface area contributed by atoms with Gasteiger partial charge in [-0.15, -0.1) is 10.2 Å². The van der Waals surface area contributed by atoms with Gasteiger partial charge in [-0.25, -0.2) is 0 Å². The first-order valence-electron chi connectivity index (χ1n) is 5.98. The van der Waals surface area contributed by atoms with E-state index in [4.69, 9.17) is 0 Å². The molecule has 1 aromatic heterocycles. The lowest BCUT2D eigenvalue weighted by molar-refractivity contribution is -0.117. The predicted molar refractivity (Wildman–Crippen MR) is 86.9 cm³/mol. The summed E-state index contributed by atoms with van der Waals surface area (Å²) in [7, 11) is 1.79. The topological polar surface area (TPSA) is 46.1 Å². The van der Waals surface area contributed by atoms with Crippen LogP contribution in [0.1, 0.15) is 6.92 Å². The number of hydrogen-bond acceptors (Lipinski definition) is 6. The summed E-state index contributed by atoms with van der Waals surface area (Å²) in [5.74, 6) is 0.0575. The van der Waals surface area contributed by atoms with Gasteiger partial charge < -0.3 is 4.90 Å². The summed E-state index contributed by atoms with van der Waals surface area (Å²) < 4.78 is 1.75. The summed E-state index contributed by atoms with van der Waals surface area (Å²) in [4.78, 5) is 14.1. The van der Waals surface area contributed by atoms with E-state index >= 15 is 0 Å². The molecule has 0 aliphatic carbocycles. The van der Waals surface area contributed by atoms with Crippen LogP contribution in [0.25, 0.3) is 0 Å². The molecule has 0 radical (unpaired) electrons. The number of benzene rings is 1. The van der Waals surface area contributed by atoms with Crippen LogP contribution in [0.15, 0.2) is 39.0 Å². The lowest BCUT2D eigenvalue weighted by atomic mass is 10.3. The van der Waals surface area contributed by atoms with Crippen molar-refractivity contribution in [3.05, 3.63) is 30.3 Å². The van der Waals surface area contributed by atoms with E-state index in [1.165, 1.54) is 23.1 Å². The van der Waals surface area contributed by atoms with Crippen LogP contribution < -0.4 is 4.90 Å². The molecule has 0 N–H and O–H groups in total. The van der Waals surface area contributed by atoms with E-state index in [0.29, 0.717) is 0 Å². The molecule has 1 atom stereocenters. The van der Waals surface area contributed by atoms with E-state index in [1.54, 1.807) is 23.7 Å². The molecule has 0 spiro atoms. The fraction of sp³-hybridized carbons (Fsp3) is 0.308. The summed E-state index contributed by atoms with van der Waals surface area (Å²) in [6, 6.07) is 9.63. The Kier molecular flexibility index (Phi) is 5.45. The van der Waals surface area contributed by atoms with Crippen LogP contribution in [0.3, 0.4) is 0 Å². The molecule has 1 unspecified atom stereocenters. The molecule has 0 saturated carbocycles. The van der Waals surface area contributed by atoms with Gasteiger partial charge in [0.15, 0.2) is 8.68 Å². The number of thioether (sulfide) groups is 2. The van der Waals surface area contributed by atoms with E-state index < -0.39 is 0 Å².